The number of hydrogen-bond donors (Lipinski definition) is 1. The van der Waals surface area contributed by atoms with Gasteiger partial charge in [0.1, 0.15) is 12.1 Å². The number of Topliss-reactive ketones (excluding diaryl/α,β-unsaturated/α-hetero) is 1. The van der Waals surface area contributed by atoms with Crippen molar-refractivity contribution in [1.29, 1.82) is 0 Å². The van der Waals surface area contributed by atoms with Crippen LogP contribution in [-0.4, -0.2) is 18.1 Å². The van der Waals surface area contributed by atoms with E-state index in [1.54, 1.807) is 0 Å². The highest BCUT2D eigenvalue weighted by atomic mass is 16.1. The Labute approximate surface area is 162 Å². The number of hydrogen-bond acceptors (Lipinski definition) is 3. The normalized spacial score (nSPS) is 12.8. The number of carbonyl (C=O) groups excluding carboxylic acids is 2. The number of rotatable bonds is 19. The largest absolute Gasteiger partial charge is 0.321 e. The predicted molar refractivity (Wildman–Crippen MR) is 112 cm³/mol. The molecule has 0 spiro atoms. The van der Waals surface area contributed by atoms with E-state index in [0.717, 1.165) is 32.0 Å². The molecule has 0 saturated carbocycles. The second-order valence-corrected chi connectivity index (χ2v) is 7.88. The van der Waals surface area contributed by atoms with Crippen molar-refractivity contribution in [1.82, 2.24) is 0 Å². The van der Waals surface area contributed by atoms with Crippen LogP contribution in [0.4, 0.5) is 0 Å². The maximum atomic E-state index is 11.8. The van der Waals surface area contributed by atoms with Crippen LogP contribution < -0.4 is 5.73 Å². The minimum absolute atomic E-state index is 0.228. The van der Waals surface area contributed by atoms with Crippen molar-refractivity contribution in [3.8, 4) is 0 Å². The average Bonchev–Trinajstić information content (AvgIpc) is 2.63. The molecule has 0 aliphatic rings. The van der Waals surface area contributed by atoms with Crippen molar-refractivity contribution in [2.45, 2.75) is 116 Å². The summed E-state index contributed by atoms with van der Waals surface area (Å²) in [5.41, 5.74) is 5.86. The van der Waals surface area contributed by atoms with E-state index in [4.69, 9.17) is 5.73 Å². The summed E-state index contributed by atoms with van der Waals surface area (Å²) in [5.74, 6) is 0.482. The van der Waals surface area contributed by atoms with Gasteiger partial charge in [-0.1, -0.05) is 70.9 Å². The fourth-order valence-corrected chi connectivity index (χ4v) is 3.06. The first-order valence-electron chi connectivity index (χ1n) is 11.0. The van der Waals surface area contributed by atoms with Gasteiger partial charge < -0.3 is 10.5 Å². The molecule has 0 aromatic carbocycles. The van der Waals surface area contributed by atoms with E-state index in [1.807, 2.05) is 13.8 Å². The lowest BCUT2D eigenvalue weighted by molar-refractivity contribution is -0.121. The topological polar surface area (TPSA) is 60.2 Å². The molecule has 0 bridgehead atoms. The van der Waals surface area contributed by atoms with Gasteiger partial charge in [0.15, 0.2) is 0 Å². The van der Waals surface area contributed by atoms with E-state index >= 15 is 0 Å². The molecule has 0 unspecified atom stereocenters. The van der Waals surface area contributed by atoms with Gasteiger partial charge >= 0.3 is 0 Å². The lowest BCUT2D eigenvalue weighted by Crippen LogP contribution is -2.35. The molecule has 0 saturated heterocycles. The SMILES string of the molecule is CC(C)[C@H](N)C(=O)CCCCCCCCC=CCCCCCCCC=O. The molecule has 152 valence electrons. The number of unbranched alkanes of at least 4 members (excludes halogenated alkanes) is 12. The van der Waals surface area contributed by atoms with Crippen molar-refractivity contribution >= 4 is 12.1 Å². The van der Waals surface area contributed by atoms with Gasteiger partial charge in [0.05, 0.1) is 6.04 Å². The highest BCUT2D eigenvalue weighted by Gasteiger charge is 2.15. The molecule has 0 aliphatic heterocycles. The van der Waals surface area contributed by atoms with Gasteiger partial charge in [-0.3, -0.25) is 4.79 Å². The van der Waals surface area contributed by atoms with Gasteiger partial charge in [0.2, 0.25) is 0 Å². The first-order valence-corrected chi connectivity index (χ1v) is 11.0. The quantitative estimate of drug-likeness (QED) is 0.170. The number of allylic oxidation sites excluding steroid dienone is 2. The van der Waals surface area contributed by atoms with E-state index in [2.05, 4.69) is 12.2 Å². The van der Waals surface area contributed by atoms with Gasteiger partial charge in [-0.2, -0.15) is 0 Å². The number of nitrogens with two attached hydrogens (primary N) is 1. The summed E-state index contributed by atoms with van der Waals surface area (Å²) >= 11 is 0. The van der Waals surface area contributed by atoms with Crippen molar-refractivity contribution in [3.63, 3.8) is 0 Å². The Morgan fingerprint density at radius 3 is 1.62 bits per heavy atom. The van der Waals surface area contributed by atoms with Crippen molar-refractivity contribution in [2.24, 2.45) is 11.7 Å². The van der Waals surface area contributed by atoms with Crippen molar-refractivity contribution in [3.05, 3.63) is 12.2 Å². The Morgan fingerprint density at radius 1 is 0.731 bits per heavy atom. The highest BCUT2D eigenvalue weighted by molar-refractivity contribution is 5.83. The van der Waals surface area contributed by atoms with Crippen LogP contribution in [0.15, 0.2) is 12.2 Å². The average molecular weight is 366 g/mol. The minimum atomic E-state index is -0.274. The molecule has 0 amide bonds. The van der Waals surface area contributed by atoms with Crippen LogP contribution >= 0.6 is 0 Å². The molecular formula is C23H43NO2. The molecule has 0 fully saturated rings. The number of ketones is 1. The fraction of sp³-hybridized carbons (Fsp3) is 0.826. The Bertz CT molecular complexity index is 363. The van der Waals surface area contributed by atoms with Gasteiger partial charge in [0.25, 0.3) is 0 Å². The molecule has 0 aromatic rings. The molecule has 0 radical (unpaired) electrons. The van der Waals surface area contributed by atoms with Crippen LogP contribution in [0.25, 0.3) is 0 Å². The van der Waals surface area contributed by atoms with E-state index in [0.29, 0.717) is 6.42 Å². The van der Waals surface area contributed by atoms with E-state index in [-0.39, 0.29) is 17.7 Å². The molecule has 0 rings (SSSR count). The van der Waals surface area contributed by atoms with Gasteiger partial charge in [-0.25, -0.2) is 0 Å². The molecule has 1 atom stereocenters. The summed E-state index contributed by atoms with van der Waals surface area (Å²) in [6, 6.07) is -0.274. The molecule has 0 heterocycles. The zero-order valence-corrected chi connectivity index (χ0v) is 17.4. The Morgan fingerprint density at radius 2 is 1.15 bits per heavy atom. The smallest absolute Gasteiger partial charge is 0.149 e. The zero-order chi connectivity index (χ0) is 19.5. The Hall–Kier alpha value is -0.960. The molecular weight excluding hydrogens is 322 g/mol. The van der Waals surface area contributed by atoms with E-state index in [1.165, 1.54) is 64.2 Å². The van der Waals surface area contributed by atoms with Crippen molar-refractivity contribution < 1.29 is 9.59 Å². The first-order chi connectivity index (χ1) is 12.6. The molecule has 0 aliphatic carbocycles. The zero-order valence-electron chi connectivity index (χ0n) is 17.4. The third-order valence-electron chi connectivity index (χ3n) is 4.99. The van der Waals surface area contributed by atoms with Crippen LogP contribution in [0, 0.1) is 5.92 Å². The van der Waals surface area contributed by atoms with Gasteiger partial charge in [0, 0.05) is 12.8 Å². The van der Waals surface area contributed by atoms with Crippen LogP contribution in [0.2, 0.25) is 0 Å². The standard InChI is InChI=1S/C23H43NO2/c1-21(2)23(24)22(26)19-17-15-13-11-9-7-5-3-4-6-8-10-12-14-16-18-20-25/h3-4,20-21,23H,5-19,24H2,1-2H3/t23-/m0/s1. The maximum Gasteiger partial charge on any atom is 0.149 e. The number of carbonyl (C=O) groups is 2. The Balaban J connectivity index is 3.26. The van der Waals surface area contributed by atoms with Gasteiger partial charge in [-0.05, 0) is 44.4 Å². The number of aldehydes is 1. The summed E-state index contributed by atoms with van der Waals surface area (Å²) < 4.78 is 0. The predicted octanol–water partition coefficient (Wildman–Crippen LogP) is 6.15. The summed E-state index contributed by atoms with van der Waals surface area (Å²) in [6.07, 6.45) is 22.7. The van der Waals surface area contributed by atoms with Gasteiger partial charge in [-0.15, -0.1) is 0 Å². The maximum absolute atomic E-state index is 11.8. The third kappa shape index (κ3) is 16.5. The summed E-state index contributed by atoms with van der Waals surface area (Å²) in [5, 5.41) is 0. The van der Waals surface area contributed by atoms with Crippen LogP contribution in [0.5, 0.6) is 0 Å². The van der Waals surface area contributed by atoms with Crippen LogP contribution in [0.1, 0.15) is 110 Å². The second-order valence-electron chi connectivity index (χ2n) is 7.88. The molecule has 2 N–H and O–H groups in total. The van der Waals surface area contributed by atoms with E-state index in [9.17, 15) is 9.59 Å². The lowest BCUT2D eigenvalue weighted by atomic mass is 9.97. The monoisotopic (exact) mass is 365 g/mol. The van der Waals surface area contributed by atoms with E-state index < -0.39 is 0 Å². The first kappa shape index (κ1) is 25.0. The van der Waals surface area contributed by atoms with Crippen molar-refractivity contribution in [2.75, 3.05) is 0 Å². The molecule has 3 heteroatoms. The third-order valence-corrected chi connectivity index (χ3v) is 4.99. The second kappa shape index (κ2) is 18.8. The summed E-state index contributed by atoms with van der Waals surface area (Å²) in [4.78, 5) is 22.0. The Kier molecular flexibility index (Phi) is 18.1. The van der Waals surface area contributed by atoms with Crippen LogP contribution in [0.3, 0.4) is 0 Å². The lowest BCUT2D eigenvalue weighted by Gasteiger charge is -2.13. The van der Waals surface area contributed by atoms with Crippen LogP contribution in [-0.2, 0) is 9.59 Å². The summed E-state index contributed by atoms with van der Waals surface area (Å²) in [6.45, 7) is 4.02. The minimum Gasteiger partial charge on any atom is -0.321 e. The fourth-order valence-electron chi connectivity index (χ4n) is 3.06. The molecule has 3 nitrogen and oxygen atoms in total. The highest BCUT2D eigenvalue weighted by Crippen LogP contribution is 2.12. The molecule has 0 aromatic heterocycles. The molecule has 26 heavy (non-hydrogen) atoms. The summed E-state index contributed by atoms with van der Waals surface area (Å²) in [7, 11) is 0.